The summed E-state index contributed by atoms with van der Waals surface area (Å²) in [4.78, 5) is 28.7. The third kappa shape index (κ3) is 7.39. The van der Waals surface area contributed by atoms with Crippen molar-refractivity contribution in [2.75, 3.05) is 42.2 Å². The van der Waals surface area contributed by atoms with Gasteiger partial charge in [-0.1, -0.05) is 54.6 Å². The summed E-state index contributed by atoms with van der Waals surface area (Å²) < 4.78 is 24.7. The number of amides is 1. The third-order valence-corrected chi connectivity index (χ3v) is 9.12. The van der Waals surface area contributed by atoms with Crippen LogP contribution in [0.5, 0.6) is 5.75 Å². The molecule has 0 aliphatic carbocycles. The van der Waals surface area contributed by atoms with Crippen molar-refractivity contribution in [2.24, 2.45) is 0 Å². The third-order valence-electron chi connectivity index (χ3n) is 8.42. The maximum Gasteiger partial charge on any atom is 0.410 e. The van der Waals surface area contributed by atoms with Gasteiger partial charge in [-0.2, -0.15) is 15.2 Å². The Kier molecular flexibility index (Phi) is 9.43. The fraction of sp³-hybridized carbons (Fsp3) is 0.389. The number of ether oxygens (including phenoxy) is 2. The maximum atomic E-state index is 13.0. The molecule has 1 saturated heterocycles. The number of anilines is 2. The van der Waals surface area contributed by atoms with E-state index in [-0.39, 0.29) is 17.6 Å². The molecule has 2 atom stereocenters. The number of carbonyl (C=O) groups is 1. The fourth-order valence-electron chi connectivity index (χ4n) is 6.22. The van der Waals surface area contributed by atoms with E-state index in [0.717, 1.165) is 51.4 Å². The first-order valence-electron chi connectivity index (χ1n) is 15.9. The molecule has 0 saturated carbocycles. The van der Waals surface area contributed by atoms with Crippen molar-refractivity contribution in [2.45, 2.75) is 63.6 Å². The number of carbonyl (C=O) groups excluding carboxylic acids is 1. The molecule has 0 radical (unpaired) electrons. The predicted molar refractivity (Wildman–Crippen MR) is 183 cm³/mol. The van der Waals surface area contributed by atoms with Crippen LogP contribution < -0.4 is 14.5 Å². The topological polar surface area (TPSA) is 118 Å². The molecule has 3 heterocycles. The van der Waals surface area contributed by atoms with E-state index in [0.29, 0.717) is 39.2 Å². The zero-order chi connectivity index (χ0) is 33.1. The molecule has 1 fully saturated rings. The maximum absolute atomic E-state index is 13.0. The molecule has 2 aliphatic heterocycles. The van der Waals surface area contributed by atoms with Crippen LogP contribution in [0.4, 0.5) is 16.3 Å². The Hall–Kier alpha value is -4.53. The second-order valence-electron chi connectivity index (χ2n) is 13.0. The standard InChI is InChI=1S/C36H40N6O4S/c1-36(2,3)46-35(43)42-19-18-41(22-27(42)14-16-37)33-30-15-17-40(23-31(30)38-34(39-33)47(4)44)32-21-28(20-26-12-8-9-13-29(26)32)45-24-25-10-6-5-7-11-25/h5-13,20-21,27H,14-15,17-19,22-24H2,1-4H3/t27-,47?/m0/s1. The van der Waals surface area contributed by atoms with E-state index < -0.39 is 22.9 Å². The highest BCUT2D eigenvalue weighted by molar-refractivity contribution is 7.90. The van der Waals surface area contributed by atoms with Crippen LogP contribution in [-0.2, 0) is 35.5 Å². The summed E-state index contributed by atoms with van der Waals surface area (Å²) in [5, 5.41) is 12.1. The van der Waals surface area contributed by atoms with Gasteiger partial charge >= 0.3 is 11.2 Å². The van der Waals surface area contributed by atoms with Gasteiger partial charge in [0.05, 0.1) is 30.8 Å². The van der Waals surface area contributed by atoms with Crippen LogP contribution in [-0.4, -0.2) is 69.6 Å². The Balaban J connectivity index is 1.29. The van der Waals surface area contributed by atoms with Gasteiger partial charge in [0.15, 0.2) is 0 Å². The number of rotatable bonds is 7. The number of nitrogens with zero attached hydrogens (tertiary/aromatic N) is 6. The minimum atomic E-state index is -1.41. The van der Waals surface area contributed by atoms with Gasteiger partial charge in [-0.15, -0.1) is 0 Å². The van der Waals surface area contributed by atoms with Crippen LogP contribution in [0, 0.1) is 11.3 Å². The molecule has 6 rings (SSSR count). The second-order valence-corrected chi connectivity index (χ2v) is 14.2. The van der Waals surface area contributed by atoms with Gasteiger partial charge in [0, 0.05) is 60.1 Å². The first-order chi connectivity index (χ1) is 22.6. The average molecular weight is 653 g/mol. The Morgan fingerprint density at radius 2 is 1.81 bits per heavy atom. The summed E-state index contributed by atoms with van der Waals surface area (Å²) in [7, 11) is 0. The number of aromatic nitrogens is 2. The number of piperazine rings is 1. The van der Waals surface area contributed by atoms with E-state index >= 15 is 0 Å². The number of fused-ring (bicyclic) bond motifs is 2. The van der Waals surface area contributed by atoms with Crippen LogP contribution in [0.2, 0.25) is 0 Å². The van der Waals surface area contributed by atoms with Crippen LogP contribution >= 0.6 is 0 Å². The molecular weight excluding hydrogens is 613 g/mol. The summed E-state index contributed by atoms with van der Waals surface area (Å²) in [6.45, 7) is 8.53. The Labute approximate surface area is 279 Å². The number of hydrogen-bond acceptors (Lipinski definition) is 9. The number of nitriles is 1. The van der Waals surface area contributed by atoms with Gasteiger partial charge in [-0.3, -0.25) is 0 Å². The van der Waals surface area contributed by atoms with Crippen LogP contribution in [0.1, 0.15) is 44.0 Å². The molecule has 11 heteroatoms. The van der Waals surface area contributed by atoms with E-state index in [9.17, 15) is 14.6 Å². The second kappa shape index (κ2) is 13.7. The van der Waals surface area contributed by atoms with Crippen LogP contribution in [0.15, 0.2) is 71.9 Å². The quantitative estimate of drug-likeness (QED) is 0.179. The molecule has 0 spiro atoms. The average Bonchev–Trinajstić information content (AvgIpc) is 3.06. The van der Waals surface area contributed by atoms with Crippen molar-refractivity contribution in [1.82, 2.24) is 14.9 Å². The normalized spacial score (nSPS) is 17.2. The Bertz CT molecular complexity index is 1790. The Morgan fingerprint density at radius 1 is 1.04 bits per heavy atom. The molecule has 1 aromatic heterocycles. The van der Waals surface area contributed by atoms with Gasteiger partial charge in [0.25, 0.3) is 0 Å². The van der Waals surface area contributed by atoms with Crippen molar-refractivity contribution in [3.8, 4) is 11.8 Å². The molecule has 0 bridgehead atoms. The van der Waals surface area contributed by atoms with E-state index in [4.69, 9.17) is 19.4 Å². The summed E-state index contributed by atoms with van der Waals surface area (Å²) in [6.07, 6.45) is 2.01. The smallest absolute Gasteiger partial charge is 0.410 e. The monoisotopic (exact) mass is 652 g/mol. The van der Waals surface area contributed by atoms with Crippen molar-refractivity contribution in [3.63, 3.8) is 0 Å². The van der Waals surface area contributed by atoms with Gasteiger partial charge in [0.1, 0.15) is 30.0 Å². The zero-order valence-corrected chi connectivity index (χ0v) is 28.1. The fourth-order valence-corrected chi connectivity index (χ4v) is 6.68. The summed E-state index contributed by atoms with van der Waals surface area (Å²) in [5.74, 6) is 1.52. The lowest BCUT2D eigenvalue weighted by atomic mass is 10.0. The van der Waals surface area contributed by atoms with E-state index in [1.54, 1.807) is 11.2 Å². The van der Waals surface area contributed by atoms with Crippen molar-refractivity contribution < 1.29 is 18.8 Å². The van der Waals surface area contributed by atoms with E-state index in [1.165, 1.54) is 0 Å². The molecule has 1 unspecified atom stereocenters. The minimum Gasteiger partial charge on any atom is -0.609 e. The summed E-state index contributed by atoms with van der Waals surface area (Å²) >= 11 is -1.41. The SMILES string of the molecule is C[S+]([O-])c1nc2c(c(N3CCN(C(=O)OC(C)(C)C)[C@@H](CC#N)C3)n1)CCN(c1cc(OCc3ccccc3)cc3ccccc13)C2. The lowest BCUT2D eigenvalue weighted by molar-refractivity contribution is 0.0144. The molecule has 4 aromatic rings. The van der Waals surface area contributed by atoms with Gasteiger partial charge in [-0.25, -0.2) is 4.79 Å². The van der Waals surface area contributed by atoms with E-state index in [2.05, 4.69) is 52.3 Å². The minimum absolute atomic E-state index is 0.166. The number of hydrogen-bond donors (Lipinski definition) is 0. The lowest BCUT2D eigenvalue weighted by Gasteiger charge is -2.42. The van der Waals surface area contributed by atoms with Crippen molar-refractivity contribution in [1.29, 1.82) is 5.26 Å². The molecule has 3 aromatic carbocycles. The highest BCUT2D eigenvalue weighted by atomic mass is 32.2. The molecule has 2 aliphatic rings. The zero-order valence-electron chi connectivity index (χ0n) is 27.3. The first kappa shape index (κ1) is 32.4. The lowest BCUT2D eigenvalue weighted by Crippen LogP contribution is -2.56. The molecular formula is C36H40N6O4S. The molecule has 0 N–H and O–H groups in total. The van der Waals surface area contributed by atoms with Crippen LogP contribution in [0.3, 0.4) is 0 Å². The van der Waals surface area contributed by atoms with Crippen LogP contribution in [0.25, 0.3) is 10.8 Å². The summed E-state index contributed by atoms with van der Waals surface area (Å²) in [6, 6.07) is 24.5. The highest BCUT2D eigenvalue weighted by Gasteiger charge is 2.36. The Morgan fingerprint density at radius 3 is 2.55 bits per heavy atom. The van der Waals surface area contributed by atoms with Gasteiger partial charge in [0.2, 0.25) is 0 Å². The van der Waals surface area contributed by atoms with Crippen molar-refractivity contribution >= 4 is 39.5 Å². The van der Waals surface area contributed by atoms with Crippen molar-refractivity contribution in [3.05, 3.63) is 83.6 Å². The first-order valence-corrected chi connectivity index (χ1v) is 17.4. The summed E-state index contributed by atoms with van der Waals surface area (Å²) in [5.41, 5.74) is 3.36. The molecule has 244 valence electrons. The number of benzene rings is 3. The molecule has 47 heavy (non-hydrogen) atoms. The predicted octanol–water partition coefficient (Wildman–Crippen LogP) is 5.85. The van der Waals surface area contributed by atoms with E-state index in [1.807, 2.05) is 51.1 Å². The highest BCUT2D eigenvalue weighted by Crippen LogP contribution is 2.37. The van der Waals surface area contributed by atoms with Gasteiger partial charge in [-0.05, 0) is 44.2 Å². The largest absolute Gasteiger partial charge is 0.609 e. The molecule has 1 amide bonds. The molecule has 10 nitrogen and oxygen atoms in total. The van der Waals surface area contributed by atoms with Gasteiger partial charge < -0.3 is 28.7 Å².